The van der Waals surface area contributed by atoms with Crippen LogP contribution in [0.5, 0.6) is 0 Å². The zero-order valence-corrected chi connectivity index (χ0v) is 5.31. The molecule has 0 aromatic rings. The Kier molecular flexibility index (Phi) is 14.4. The first-order valence-electron chi connectivity index (χ1n) is 2.23. The normalized spacial score (nSPS) is 7.71. The standard InChI is InChI=1S/C4H11NO.Cu/c1-2-5-3-4-6;/h5-6H,2-4H2,1H3;. The molecule has 0 aromatic heterocycles. The average molecular weight is 153 g/mol. The van der Waals surface area contributed by atoms with Crippen molar-refractivity contribution in [3.63, 3.8) is 0 Å². The van der Waals surface area contributed by atoms with Gasteiger partial charge in [0.15, 0.2) is 0 Å². The minimum absolute atomic E-state index is 0. The molecule has 0 fully saturated rings. The van der Waals surface area contributed by atoms with Gasteiger partial charge in [-0.1, -0.05) is 6.92 Å². The second-order valence-electron chi connectivity index (χ2n) is 1.08. The Labute approximate surface area is 54.8 Å². The monoisotopic (exact) mass is 152 g/mol. The van der Waals surface area contributed by atoms with Crippen LogP contribution in [0.25, 0.3) is 0 Å². The average Bonchev–Trinajstić information content (AvgIpc) is 1.61. The van der Waals surface area contributed by atoms with Gasteiger partial charge in [-0.15, -0.1) is 0 Å². The largest absolute Gasteiger partial charge is 0.395 e. The molecule has 3 heteroatoms. The number of hydrogen-bond acceptors (Lipinski definition) is 2. The van der Waals surface area contributed by atoms with Crippen LogP contribution in [0.2, 0.25) is 0 Å². The number of aliphatic hydroxyl groups excluding tert-OH is 1. The topological polar surface area (TPSA) is 32.3 Å². The van der Waals surface area contributed by atoms with Crippen molar-refractivity contribution in [2.45, 2.75) is 6.92 Å². The SMILES string of the molecule is CCNCCO.[Cu]. The number of aliphatic hydroxyl groups is 1. The molecule has 0 aliphatic heterocycles. The van der Waals surface area contributed by atoms with Gasteiger partial charge in [0.05, 0.1) is 6.61 Å². The van der Waals surface area contributed by atoms with E-state index in [2.05, 4.69) is 5.32 Å². The van der Waals surface area contributed by atoms with Crippen LogP contribution in [0.1, 0.15) is 6.92 Å². The molecule has 0 amide bonds. The second kappa shape index (κ2) is 9.67. The van der Waals surface area contributed by atoms with Gasteiger partial charge in [-0.05, 0) is 6.54 Å². The van der Waals surface area contributed by atoms with E-state index in [1.165, 1.54) is 0 Å². The van der Waals surface area contributed by atoms with Crippen LogP contribution in [0.4, 0.5) is 0 Å². The summed E-state index contributed by atoms with van der Waals surface area (Å²) in [5.74, 6) is 0. The molecule has 0 saturated heterocycles. The van der Waals surface area contributed by atoms with Crippen molar-refractivity contribution in [1.29, 1.82) is 0 Å². The predicted molar refractivity (Wildman–Crippen MR) is 25.6 cm³/mol. The molecule has 0 aliphatic carbocycles. The molecule has 49 valence electrons. The van der Waals surface area contributed by atoms with E-state index in [1.807, 2.05) is 6.92 Å². The van der Waals surface area contributed by atoms with E-state index < -0.39 is 0 Å². The van der Waals surface area contributed by atoms with Crippen molar-refractivity contribution < 1.29 is 22.2 Å². The van der Waals surface area contributed by atoms with Crippen LogP contribution in [0.15, 0.2) is 0 Å². The second-order valence-corrected chi connectivity index (χ2v) is 1.08. The Morgan fingerprint density at radius 3 is 2.29 bits per heavy atom. The minimum atomic E-state index is 0. The van der Waals surface area contributed by atoms with Crippen LogP contribution < -0.4 is 5.32 Å². The summed E-state index contributed by atoms with van der Waals surface area (Å²) in [5.41, 5.74) is 0. The third-order valence-corrected chi connectivity index (χ3v) is 0.539. The summed E-state index contributed by atoms with van der Waals surface area (Å²) in [4.78, 5) is 0. The molecule has 0 saturated carbocycles. The van der Waals surface area contributed by atoms with Crippen molar-refractivity contribution in [2.75, 3.05) is 19.7 Å². The number of likely N-dealkylation sites (N-methyl/N-ethyl adjacent to an activating group) is 1. The molecule has 0 bridgehead atoms. The summed E-state index contributed by atoms with van der Waals surface area (Å²) in [6, 6.07) is 0. The summed E-state index contributed by atoms with van der Waals surface area (Å²) >= 11 is 0. The zero-order valence-electron chi connectivity index (χ0n) is 4.37. The fraction of sp³-hybridized carbons (Fsp3) is 1.00. The third kappa shape index (κ3) is 10.7. The van der Waals surface area contributed by atoms with Gasteiger partial charge in [0.25, 0.3) is 0 Å². The molecular weight excluding hydrogens is 142 g/mol. The van der Waals surface area contributed by atoms with Gasteiger partial charge in [-0.3, -0.25) is 0 Å². The van der Waals surface area contributed by atoms with E-state index in [0.29, 0.717) is 0 Å². The quantitative estimate of drug-likeness (QED) is 0.426. The van der Waals surface area contributed by atoms with E-state index in [9.17, 15) is 0 Å². The Morgan fingerprint density at radius 2 is 2.14 bits per heavy atom. The fourth-order valence-electron chi connectivity index (χ4n) is 0.256. The first-order valence-corrected chi connectivity index (χ1v) is 2.23. The number of hydrogen-bond donors (Lipinski definition) is 2. The fourth-order valence-corrected chi connectivity index (χ4v) is 0.256. The van der Waals surface area contributed by atoms with Gasteiger partial charge >= 0.3 is 0 Å². The summed E-state index contributed by atoms with van der Waals surface area (Å²) in [6.07, 6.45) is 0. The smallest absolute Gasteiger partial charge is 0.0555 e. The summed E-state index contributed by atoms with van der Waals surface area (Å²) < 4.78 is 0. The maximum absolute atomic E-state index is 8.13. The number of nitrogens with one attached hydrogen (secondary N) is 1. The Hall–Kier alpha value is 0.439. The maximum atomic E-state index is 8.13. The van der Waals surface area contributed by atoms with Crippen LogP contribution >= 0.6 is 0 Å². The van der Waals surface area contributed by atoms with E-state index in [0.717, 1.165) is 13.1 Å². The molecule has 0 spiro atoms. The first-order chi connectivity index (χ1) is 2.91. The van der Waals surface area contributed by atoms with Crippen LogP contribution in [-0.4, -0.2) is 24.8 Å². The molecular formula is C4H11CuNO. The van der Waals surface area contributed by atoms with Crippen molar-refractivity contribution >= 4 is 0 Å². The van der Waals surface area contributed by atoms with Gasteiger partial charge in [0.2, 0.25) is 0 Å². The van der Waals surface area contributed by atoms with E-state index in [4.69, 9.17) is 5.11 Å². The molecule has 0 atom stereocenters. The molecule has 0 rings (SSSR count). The van der Waals surface area contributed by atoms with Crippen molar-refractivity contribution in [3.8, 4) is 0 Å². The molecule has 1 radical (unpaired) electrons. The molecule has 7 heavy (non-hydrogen) atoms. The molecule has 0 unspecified atom stereocenters. The number of rotatable bonds is 3. The van der Waals surface area contributed by atoms with Crippen LogP contribution in [0.3, 0.4) is 0 Å². The van der Waals surface area contributed by atoms with Crippen molar-refractivity contribution in [3.05, 3.63) is 0 Å². The zero-order chi connectivity index (χ0) is 4.83. The molecule has 0 aromatic carbocycles. The van der Waals surface area contributed by atoms with Gasteiger partial charge in [-0.25, -0.2) is 0 Å². The molecule has 2 N–H and O–H groups in total. The summed E-state index contributed by atoms with van der Waals surface area (Å²) in [6.45, 7) is 3.92. The van der Waals surface area contributed by atoms with Crippen molar-refractivity contribution in [1.82, 2.24) is 5.32 Å². The summed E-state index contributed by atoms with van der Waals surface area (Å²) in [5, 5.41) is 11.1. The molecule has 0 aliphatic rings. The summed E-state index contributed by atoms with van der Waals surface area (Å²) in [7, 11) is 0. The molecule has 2 nitrogen and oxygen atoms in total. The van der Waals surface area contributed by atoms with Crippen LogP contribution in [0, 0.1) is 0 Å². The minimum Gasteiger partial charge on any atom is -0.395 e. The Morgan fingerprint density at radius 1 is 1.57 bits per heavy atom. The predicted octanol–water partition coefficient (Wildman–Crippen LogP) is -0.414. The third-order valence-electron chi connectivity index (χ3n) is 0.539. The van der Waals surface area contributed by atoms with E-state index in [1.54, 1.807) is 0 Å². The first kappa shape index (κ1) is 10.4. The van der Waals surface area contributed by atoms with Gasteiger partial charge in [0, 0.05) is 23.6 Å². The van der Waals surface area contributed by atoms with E-state index >= 15 is 0 Å². The van der Waals surface area contributed by atoms with Gasteiger partial charge in [0.1, 0.15) is 0 Å². The van der Waals surface area contributed by atoms with Gasteiger partial charge in [-0.2, -0.15) is 0 Å². The van der Waals surface area contributed by atoms with Gasteiger partial charge < -0.3 is 10.4 Å². The van der Waals surface area contributed by atoms with Crippen molar-refractivity contribution in [2.24, 2.45) is 0 Å². The molecule has 0 heterocycles. The maximum Gasteiger partial charge on any atom is 0.0555 e. The Balaban J connectivity index is 0. The Bertz CT molecular complexity index is 23.7. The van der Waals surface area contributed by atoms with E-state index in [-0.39, 0.29) is 23.7 Å². The van der Waals surface area contributed by atoms with Crippen LogP contribution in [-0.2, 0) is 17.1 Å².